The van der Waals surface area contributed by atoms with Gasteiger partial charge in [0, 0.05) is 18.1 Å². The number of nitrogens with zero attached hydrogens (tertiary/aromatic N) is 1. The average molecular weight is 233 g/mol. The third-order valence-corrected chi connectivity index (χ3v) is 3.68. The molecule has 2 unspecified atom stereocenters. The van der Waals surface area contributed by atoms with Gasteiger partial charge in [0.1, 0.15) is 6.61 Å². The summed E-state index contributed by atoms with van der Waals surface area (Å²) in [5.41, 5.74) is 0. The van der Waals surface area contributed by atoms with Gasteiger partial charge in [0.05, 0.1) is 6.54 Å². The van der Waals surface area contributed by atoms with E-state index < -0.39 is 0 Å². The Morgan fingerprint density at radius 2 is 1.93 bits per heavy atom. The van der Waals surface area contributed by atoms with Crippen molar-refractivity contribution in [1.82, 2.24) is 10.2 Å². The first-order chi connectivity index (χ1) is 6.83. The Kier molecular flexibility index (Phi) is 3.07. The summed E-state index contributed by atoms with van der Waals surface area (Å²) in [6, 6.07) is 1.73. The highest BCUT2D eigenvalue weighted by atomic mass is 35.5. The van der Waals surface area contributed by atoms with Crippen LogP contribution in [-0.2, 0) is 4.74 Å². The number of nitrogens with one attached hydrogen (secondary N) is 1. The number of carbonyl (C=O) groups is 1. The topological polar surface area (TPSA) is 41.6 Å². The van der Waals surface area contributed by atoms with E-state index in [9.17, 15) is 4.79 Å². The minimum atomic E-state index is -0.101. The van der Waals surface area contributed by atoms with Gasteiger partial charge in [-0.15, -0.1) is 12.4 Å². The van der Waals surface area contributed by atoms with E-state index in [1.165, 1.54) is 12.8 Å². The van der Waals surface area contributed by atoms with E-state index in [2.05, 4.69) is 5.32 Å². The Labute approximate surface area is 95.7 Å². The van der Waals surface area contributed by atoms with Crippen LogP contribution in [0.3, 0.4) is 0 Å². The first-order valence-corrected chi connectivity index (χ1v) is 5.52. The first-order valence-electron chi connectivity index (χ1n) is 5.52. The van der Waals surface area contributed by atoms with Crippen molar-refractivity contribution in [3.8, 4) is 0 Å². The van der Waals surface area contributed by atoms with Crippen LogP contribution in [0, 0.1) is 0 Å². The predicted octanol–water partition coefficient (Wildman–Crippen LogP) is 1.14. The molecule has 3 fully saturated rings. The lowest BCUT2D eigenvalue weighted by molar-refractivity contribution is 0.134. The van der Waals surface area contributed by atoms with Crippen LogP contribution in [0.2, 0.25) is 0 Å². The molecule has 5 heteroatoms. The molecule has 0 saturated carbocycles. The molecule has 3 aliphatic heterocycles. The third-order valence-electron chi connectivity index (χ3n) is 3.68. The van der Waals surface area contributed by atoms with Gasteiger partial charge in [-0.05, 0) is 25.7 Å². The normalized spacial score (nSPS) is 38.8. The zero-order valence-electron chi connectivity index (χ0n) is 8.65. The highest BCUT2D eigenvalue weighted by Crippen LogP contribution is 2.30. The van der Waals surface area contributed by atoms with E-state index in [-0.39, 0.29) is 18.5 Å². The van der Waals surface area contributed by atoms with Crippen molar-refractivity contribution in [2.24, 2.45) is 0 Å². The summed E-state index contributed by atoms with van der Waals surface area (Å²) in [7, 11) is 0. The van der Waals surface area contributed by atoms with E-state index in [0.29, 0.717) is 24.7 Å². The predicted molar refractivity (Wildman–Crippen MR) is 58.3 cm³/mol. The summed E-state index contributed by atoms with van der Waals surface area (Å²) in [5.74, 6) is 0. The van der Waals surface area contributed by atoms with Crippen molar-refractivity contribution < 1.29 is 9.53 Å². The van der Waals surface area contributed by atoms with Gasteiger partial charge in [0.25, 0.3) is 0 Å². The molecule has 3 rings (SSSR count). The molecule has 0 aromatic carbocycles. The van der Waals surface area contributed by atoms with Gasteiger partial charge in [-0.2, -0.15) is 0 Å². The second-order valence-electron chi connectivity index (χ2n) is 4.57. The Morgan fingerprint density at radius 3 is 2.47 bits per heavy atom. The summed E-state index contributed by atoms with van der Waals surface area (Å²) < 4.78 is 4.98. The van der Waals surface area contributed by atoms with Crippen LogP contribution in [0.5, 0.6) is 0 Å². The third kappa shape index (κ3) is 1.93. The largest absolute Gasteiger partial charge is 0.448 e. The second-order valence-corrected chi connectivity index (χ2v) is 4.57. The zero-order valence-corrected chi connectivity index (χ0v) is 9.46. The fraction of sp³-hybridized carbons (Fsp3) is 0.900. The van der Waals surface area contributed by atoms with Crippen LogP contribution in [-0.4, -0.2) is 42.3 Å². The van der Waals surface area contributed by atoms with Gasteiger partial charge in [-0.25, -0.2) is 4.79 Å². The van der Waals surface area contributed by atoms with Crippen LogP contribution in [0.25, 0.3) is 0 Å². The molecule has 4 nitrogen and oxygen atoms in total. The molecule has 3 aliphatic rings. The van der Waals surface area contributed by atoms with E-state index in [1.807, 2.05) is 4.90 Å². The first kappa shape index (κ1) is 11.0. The monoisotopic (exact) mass is 232 g/mol. The van der Waals surface area contributed by atoms with E-state index in [1.54, 1.807) is 0 Å². The number of piperidine rings is 1. The molecule has 0 aromatic heterocycles. The van der Waals surface area contributed by atoms with Crippen LogP contribution in [0.4, 0.5) is 4.79 Å². The molecule has 0 spiro atoms. The number of ether oxygens (including phenoxy) is 1. The Bertz CT molecular complexity index is 250. The molecule has 3 heterocycles. The quantitative estimate of drug-likeness (QED) is 0.737. The molecule has 3 saturated heterocycles. The van der Waals surface area contributed by atoms with E-state index in [0.717, 1.165) is 19.4 Å². The Hall–Kier alpha value is -0.480. The molecule has 86 valence electrons. The fourth-order valence-electron chi connectivity index (χ4n) is 3.02. The standard InChI is InChI=1S/C10H16N2O2.ClH/c13-10-12(3-4-14-10)9-5-7-1-2-8(6-9)11-7;/h7-9,11H,1-6H2;1H. The number of hydrogen-bond acceptors (Lipinski definition) is 3. The summed E-state index contributed by atoms with van der Waals surface area (Å²) in [5, 5.41) is 3.58. The van der Waals surface area contributed by atoms with E-state index >= 15 is 0 Å². The van der Waals surface area contributed by atoms with Crippen LogP contribution in [0.1, 0.15) is 25.7 Å². The van der Waals surface area contributed by atoms with Crippen LogP contribution in [0.15, 0.2) is 0 Å². The summed E-state index contributed by atoms with van der Waals surface area (Å²) in [6.07, 6.45) is 4.70. The number of halogens is 1. The van der Waals surface area contributed by atoms with Gasteiger partial charge in [0.2, 0.25) is 0 Å². The van der Waals surface area contributed by atoms with Crippen molar-refractivity contribution in [2.75, 3.05) is 13.2 Å². The van der Waals surface area contributed by atoms with Crippen molar-refractivity contribution >= 4 is 18.5 Å². The maximum absolute atomic E-state index is 11.4. The summed E-state index contributed by atoms with van der Waals surface area (Å²) in [6.45, 7) is 1.38. The van der Waals surface area contributed by atoms with Crippen molar-refractivity contribution in [2.45, 2.75) is 43.8 Å². The molecule has 1 amide bonds. The minimum Gasteiger partial charge on any atom is -0.448 e. The van der Waals surface area contributed by atoms with Gasteiger partial charge in [-0.1, -0.05) is 0 Å². The van der Waals surface area contributed by atoms with E-state index in [4.69, 9.17) is 4.74 Å². The number of hydrogen-bond donors (Lipinski definition) is 1. The molecule has 2 atom stereocenters. The van der Waals surface area contributed by atoms with Gasteiger partial charge < -0.3 is 15.0 Å². The lowest BCUT2D eigenvalue weighted by Crippen LogP contribution is -2.48. The summed E-state index contributed by atoms with van der Waals surface area (Å²) in [4.78, 5) is 13.3. The molecular formula is C10H17ClN2O2. The number of amides is 1. The summed E-state index contributed by atoms with van der Waals surface area (Å²) >= 11 is 0. The molecule has 0 aliphatic carbocycles. The highest BCUT2D eigenvalue weighted by Gasteiger charge is 2.39. The van der Waals surface area contributed by atoms with Gasteiger partial charge in [-0.3, -0.25) is 0 Å². The number of fused-ring (bicyclic) bond motifs is 2. The SMILES string of the molecule is Cl.O=C1OCCN1C1CC2CCC(C1)N2. The van der Waals surface area contributed by atoms with Crippen molar-refractivity contribution in [1.29, 1.82) is 0 Å². The van der Waals surface area contributed by atoms with Crippen LogP contribution >= 0.6 is 12.4 Å². The van der Waals surface area contributed by atoms with Crippen molar-refractivity contribution in [3.63, 3.8) is 0 Å². The lowest BCUT2D eigenvalue weighted by atomic mass is 9.99. The number of rotatable bonds is 1. The minimum absolute atomic E-state index is 0. The van der Waals surface area contributed by atoms with Gasteiger partial charge in [0.15, 0.2) is 0 Å². The smallest absolute Gasteiger partial charge is 0.410 e. The second kappa shape index (κ2) is 4.18. The highest BCUT2D eigenvalue weighted by molar-refractivity contribution is 5.85. The molecule has 0 radical (unpaired) electrons. The maximum atomic E-state index is 11.4. The zero-order chi connectivity index (χ0) is 9.54. The Balaban J connectivity index is 0.000000853. The van der Waals surface area contributed by atoms with Crippen molar-refractivity contribution in [3.05, 3.63) is 0 Å². The number of carbonyl (C=O) groups excluding carboxylic acids is 1. The fourth-order valence-corrected chi connectivity index (χ4v) is 3.02. The molecule has 2 bridgehead atoms. The van der Waals surface area contributed by atoms with Crippen LogP contribution < -0.4 is 5.32 Å². The lowest BCUT2D eigenvalue weighted by Gasteiger charge is -2.33. The molecule has 0 aromatic rings. The maximum Gasteiger partial charge on any atom is 0.410 e. The molecule has 1 N–H and O–H groups in total. The average Bonchev–Trinajstić information content (AvgIpc) is 2.73. The molecular weight excluding hydrogens is 216 g/mol. The number of cyclic esters (lactones) is 1. The van der Waals surface area contributed by atoms with Gasteiger partial charge >= 0.3 is 6.09 Å². The molecule has 15 heavy (non-hydrogen) atoms. The Morgan fingerprint density at radius 1 is 1.27 bits per heavy atom.